The Morgan fingerprint density at radius 3 is 2.74 bits per heavy atom. The molecule has 0 spiro atoms. The topological polar surface area (TPSA) is 113 Å². The van der Waals surface area contributed by atoms with Crippen molar-refractivity contribution in [2.75, 3.05) is 13.2 Å². The van der Waals surface area contributed by atoms with Crippen LogP contribution in [0.5, 0.6) is 0 Å². The fourth-order valence-electron chi connectivity index (χ4n) is 3.40. The molecule has 2 aromatic carbocycles. The summed E-state index contributed by atoms with van der Waals surface area (Å²) in [7, 11) is 0. The number of pyridine rings is 1. The number of amides is 1. The first-order valence-corrected chi connectivity index (χ1v) is 9.46. The third-order valence-corrected chi connectivity index (χ3v) is 4.98. The number of aromatic amines is 1. The molecule has 1 fully saturated rings. The highest BCUT2D eigenvalue weighted by Gasteiger charge is 2.27. The molecule has 2 aromatic heterocycles. The number of carbonyl (C=O) groups is 1. The number of nitrogens with zero attached hydrogens (tertiary/aromatic N) is 4. The highest BCUT2D eigenvalue weighted by molar-refractivity contribution is 5.93. The van der Waals surface area contributed by atoms with Crippen molar-refractivity contribution >= 4 is 16.8 Å². The van der Waals surface area contributed by atoms with Crippen molar-refractivity contribution in [2.45, 2.75) is 6.10 Å². The Morgan fingerprint density at radius 2 is 2.00 bits per heavy atom. The standard InChI is InChI=1S/C21H16FN5O4/c22-14-3-6-18-13(7-14)8-17(20(29)23-18)19-10-26(25-24-19)15-4-1-12(2-5-15)21(30)27-9-16(28)11-31-27/h1-8,10,16,28H,9,11H2,(H,23,29)/t16-/m0/s1. The second-order valence-corrected chi connectivity index (χ2v) is 7.15. The number of rotatable bonds is 3. The SMILES string of the molecule is O=C(c1ccc(-n2cc(-c3cc4cc(F)ccc4[nH]c3=O)nn2)cc1)N1C[C@H](O)CO1. The van der Waals surface area contributed by atoms with Crippen LogP contribution in [0.25, 0.3) is 27.8 Å². The van der Waals surface area contributed by atoms with Crippen molar-refractivity contribution in [3.63, 3.8) is 0 Å². The average molecular weight is 421 g/mol. The van der Waals surface area contributed by atoms with Gasteiger partial charge in [-0.05, 0) is 48.5 Å². The van der Waals surface area contributed by atoms with E-state index in [0.717, 1.165) is 5.06 Å². The molecule has 31 heavy (non-hydrogen) atoms. The van der Waals surface area contributed by atoms with Gasteiger partial charge >= 0.3 is 0 Å². The fourth-order valence-corrected chi connectivity index (χ4v) is 3.40. The molecule has 1 atom stereocenters. The number of aliphatic hydroxyl groups excluding tert-OH is 1. The predicted molar refractivity (Wildman–Crippen MR) is 108 cm³/mol. The minimum atomic E-state index is -0.688. The summed E-state index contributed by atoms with van der Waals surface area (Å²) in [6.07, 6.45) is 0.887. The molecule has 2 N–H and O–H groups in total. The molecule has 0 saturated carbocycles. The number of fused-ring (bicyclic) bond motifs is 1. The third kappa shape index (κ3) is 3.58. The Labute approximate surface area is 174 Å². The Kier molecular flexibility index (Phi) is 4.57. The molecule has 1 aliphatic heterocycles. The van der Waals surface area contributed by atoms with Crippen LogP contribution in [0.3, 0.4) is 0 Å². The Morgan fingerprint density at radius 1 is 1.19 bits per heavy atom. The second kappa shape index (κ2) is 7.42. The summed E-state index contributed by atoms with van der Waals surface area (Å²) >= 11 is 0. The number of aliphatic hydroxyl groups is 1. The van der Waals surface area contributed by atoms with Crippen molar-refractivity contribution in [3.05, 3.63) is 76.5 Å². The quantitative estimate of drug-likeness (QED) is 0.520. The van der Waals surface area contributed by atoms with E-state index in [0.29, 0.717) is 27.8 Å². The zero-order valence-corrected chi connectivity index (χ0v) is 16.0. The van der Waals surface area contributed by atoms with Crippen molar-refractivity contribution in [2.24, 2.45) is 0 Å². The van der Waals surface area contributed by atoms with Crippen LogP contribution in [0.15, 0.2) is 59.5 Å². The summed E-state index contributed by atoms with van der Waals surface area (Å²) in [6, 6.07) is 12.3. The first-order chi connectivity index (χ1) is 15.0. The number of carbonyl (C=O) groups excluding carboxylic acids is 1. The number of aromatic nitrogens is 4. The number of benzene rings is 2. The lowest BCUT2D eigenvalue weighted by molar-refractivity contribution is -0.0779. The van der Waals surface area contributed by atoms with Crippen LogP contribution in [0, 0.1) is 5.82 Å². The summed E-state index contributed by atoms with van der Waals surface area (Å²) in [5.41, 5.74) is 1.78. The van der Waals surface area contributed by atoms with Crippen molar-refractivity contribution < 1.29 is 19.1 Å². The largest absolute Gasteiger partial charge is 0.389 e. The van der Waals surface area contributed by atoms with E-state index in [1.165, 1.54) is 22.9 Å². The molecule has 1 aliphatic rings. The van der Waals surface area contributed by atoms with E-state index in [2.05, 4.69) is 15.3 Å². The highest BCUT2D eigenvalue weighted by atomic mass is 19.1. The zero-order chi connectivity index (χ0) is 21.5. The highest BCUT2D eigenvalue weighted by Crippen LogP contribution is 2.20. The molecule has 1 saturated heterocycles. The number of hydroxylamine groups is 2. The van der Waals surface area contributed by atoms with Crippen molar-refractivity contribution in [1.82, 2.24) is 25.0 Å². The van der Waals surface area contributed by atoms with Gasteiger partial charge in [0.1, 0.15) is 24.2 Å². The average Bonchev–Trinajstić information content (AvgIpc) is 3.43. The van der Waals surface area contributed by atoms with Gasteiger partial charge in [0.15, 0.2) is 0 Å². The van der Waals surface area contributed by atoms with Gasteiger partial charge in [0.05, 0.1) is 24.0 Å². The number of β-amino-alcohol motifs (C(OH)–C–C–N with tert-alkyl or cyclic N) is 1. The molecular weight excluding hydrogens is 405 g/mol. The minimum Gasteiger partial charge on any atom is -0.389 e. The number of halogens is 1. The summed E-state index contributed by atoms with van der Waals surface area (Å²) < 4.78 is 15.0. The lowest BCUT2D eigenvalue weighted by atomic mass is 10.1. The van der Waals surface area contributed by atoms with Gasteiger partial charge in [0, 0.05) is 16.5 Å². The fraction of sp³-hybridized carbons (Fsp3) is 0.143. The molecule has 10 heteroatoms. The molecule has 0 radical (unpaired) electrons. The predicted octanol–water partition coefficient (Wildman–Crippen LogP) is 1.66. The molecule has 0 aliphatic carbocycles. The maximum Gasteiger partial charge on any atom is 0.277 e. The van der Waals surface area contributed by atoms with Gasteiger partial charge < -0.3 is 10.1 Å². The normalized spacial score (nSPS) is 16.2. The van der Waals surface area contributed by atoms with Crippen LogP contribution in [0.4, 0.5) is 4.39 Å². The van der Waals surface area contributed by atoms with Gasteiger partial charge in [-0.15, -0.1) is 5.10 Å². The number of hydrogen-bond donors (Lipinski definition) is 2. The van der Waals surface area contributed by atoms with Crippen molar-refractivity contribution in [3.8, 4) is 16.9 Å². The third-order valence-electron chi connectivity index (χ3n) is 4.98. The summed E-state index contributed by atoms with van der Waals surface area (Å²) in [5.74, 6) is -0.755. The van der Waals surface area contributed by atoms with Crippen LogP contribution in [-0.2, 0) is 4.84 Å². The molecule has 3 heterocycles. The maximum atomic E-state index is 13.5. The van der Waals surface area contributed by atoms with E-state index >= 15 is 0 Å². The number of hydrogen-bond acceptors (Lipinski definition) is 6. The summed E-state index contributed by atoms with van der Waals surface area (Å²) in [4.78, 5) is 32.7. The van der Waals surface area contributed by atoms with E-state index in [1.807, 2.05) is 0 Å². The molecule has 0 bridgehead atoms. The van der Waals surface area contributed by atoms with Crippen LogP contribution in [0.2, 0.25) is 0 Å². The maximum absolute atomic E-state index is 13.5. The van der Waals surface area contributed by atoms with Crippen LogP contribution < -0.4 is 5.56 Å². The molecule has 4 aromatic rings. The Balaban J connectivity index is 1.42. The second-order valence-electron chi connectivity index (χ2n) is 7.15. The lowest BCUT2D eigenvalue weighted by Crippen LogP contribution is -2.28. The van der Waals surface area contributed by atoms with Crippen molar-refractivity contribution in [1.29, 1.82) is 0 Å². The van der Waals surface area contributed by atoms with Crippen LogP contribution in [0.1, 0.15) is 10.4 Å². The minimum absolute atomic E-state index is 0.0894. The van der Waals surface area contributed by atoms with Gasteiger partial charge in [-0.3, -0.25) is 14.4 Å². The van der Waals surface area contributed by atoms with E-state index in [4.69, 9.17) is 4.84 Å². The smallest absolute Gasteiger partial charge is 0.277 e. The van der Waals surface area contributed by atoms with E-state index in [1.54, 1.807) is 36.5 Å². The first-order valence-electron chi connectivity index (χ1n) is 9.46. The molecule has 1 amide bonds. The summed E-state index contributed by atoms with van der Waals surface area (Å²) in [6.45, 7) is 0.212. The Bertz CT molecular complexity index is 1350. The monoisotopic (exact) mass is 421 g/mol. The van der Waals surface area contributed by atoms with Crippen LogP contribution >= 0.6 is 0 Å². The van der Waals surface area contributed by atoms with Gasteiger partial charge in [-0.1, -0.05) is 5.21 Å². The lowest BCUT2D eigenvalue weighted by Gasteiger charge is -2.13. The Hall–Kier alpha value is -3.89. The number of H-pyrrole nitrogens is 1. The van der Waals surface area contributed by atoms with Gasteiger partial charge in [-0.2, -0.15) is 0 Å². The van der Waals surface area contributed by atoms with E-state index in [9.17, 15) is 19.1 Å². The summed E-state index contributed by atoms with van der Waals surface area (Å²) in [5, 5.41) is 19.3. The van der Waals surface area contributed by atoms with E-state index in [-0.39, 0.29) is 30.2 Å². The van der Waals surface area contributed by atoms with Crippen LogP contribution in [-0.4, -0.2) is 55.3 Å². The van der Waals surface area contributed by atoms with Gasteiger partial charge in [0.25, 0.3) is 11.5 Å². The molecule has 156 valence electrons. The molecular formula is C21H16FN5O4. The molecule has 0 unspecified atom stereocenters. The molecule has 5 rings (SSSR count). The van der Waals surface area contributed by atoms with Gasteiger partial charge in [0.2, 0.25) is 0 Å². The number of nitrogens with one attached hydrogen (secondary N) is 1. The molecule has 9 nitrogen and oxygen atoms in total. The van der Waals surface area contributed by atoms with E-state index < -0.39 is 11.9 Å². The van der Waals surface area contributed by atoms with Gasteiger partial charge in [-0.25, -0.2) is 14.1 Å². The zero-order valence-electron chi connectivity index (χ0n) is 16.0. The first kappa shape index (κ1) is 19.1.